The van der Waals surface area contributed by atoms with E-state index < -0.39 is 27.8 Å². The normalized spacial score (nSPS) is 16.2. The fraction of sp³-hybridized carbons (Fsp3) is 0.429. The molecule has 1 heterocycles. The highest BCUT2D eigenvalue weighted by molar-refractivity contribution is 7.82. The van der Waals surface area contributed by atoms with E-state index in [1.807, 2.05) is 57.2 Å². The molecule has 2 amide bonds. The Morgan fingerprint density at radius 2 is 1.66 bits per heavy atom. The maximum Gasteiger partial charge on any atom is 0.449 e. The molecule has 3 aromatic carbocycles. The second-order valence-electron chi connectivity index (χ2n) is 12.8. The molecule has 11 nitrogen and oxygen atoms in total. The van der Waals surface area contributed by atoms with E-state index in [1.54, 1.807) is 6.07 Å². The van der Waals surface area contributed by atoms with E-state index >= 15 is 0 Å². The number of nitrogens with one attached hydrogen (secondary N) is 2. The van der Waals surface area contributed by atoms with Crippen LogP contribution in [-0.2, 0) is 40.2 Å². The van der Waals surface area contributed by atoms with Crippen molar-refractivity contribution in [3.63, 3.8) is 0 Å². The fourth-order valence-corrected chi connectivity index (χ4v) is 6.29. The molecule has 2 aliphatic rings. The number of carbonyl (C=O) groups is 2. The summed E-state index contributed by atoms with van der Waals surface area (Å²) >= 11 is 0. The Balaban J connectivity index is 1.16. The van der Waals surface area contributed by atoms with Gasteiger partial charge in [0.05, 0.1) is 13.2 Å². The van der Waals surface area contributed by atoms with E-state index in [0.717, 1.165) is 41.5 Å². The zero-order valence-electron chi connectivity index (χ0n) is 27.0. The molecule has 1 atom stereocenters. The molecular formula is C35H42N2O9S. The number of hydrogen-bond donors (Lipinski definition) is 2. The number of alkyl carbamates (subject to hydrolysis) is 1. The molecule has 252 valence electrons. The minimum absolute atomic E-state index is 0.0233. The molecule has 0 spiro atoms. The van der Waals surface area contributed by atoms with Crippen LogP contribution in [0.2, 0.25) is 0 Å². The minimum Gasteiger partial charge on any atom is -0.449 e. The summed E-state index contributed by atoms with van der Waals surface area (Å²) < 4.78 is 52.1. The van der Waals surface area contributed by atoms with Crippen LogP contribution in [0.4, 0.5) is 10.5 Å². The highest BCUT2D eigenvalue weighted by Gasteiger charge is 2.29. The van der Waals surface area contributed by atoms with Crippen molar-refractivity contribution in [2.45, 2.75) is 65.3 Å². The van der Waals surface area contributed by atoms with Crippen LogP contribution in [0.1, 0.15) is 69.1 Å². The molecule has 0 bridgehead atoms. The van der Waals surface area contributed by atoms with Gasteiger partial charge in [0.1, 0.15) is 12.4 Å². The van der Waals surface area contributed by atoms with Crippen molar-refractivity contribution in [1.29, 1.82) is 0 Å². The number of ether oxygens (including phenoxy) is 3. The highest BCUT2D eigenvalue weighted by atomic mass is 32.3. The number of fused-ring (bicyclic) bond motifs is 3. The predicted octanol–water partition coefficient (Wildman–Crippen LogP) is 6.28. The lowest BCUT2D eigenvalue weighted by molar-refractivity contribution is -0.168. The molecule has 0 saturated carbocycles. The molecule has 0 aromatic heterocycles. The maximum absolute atomic E-state index is 13.0. The van der Waals surface area contributed by atoms with Gasteiger partial charge >= 0.3 is 16.5 Å². The van der Waals surface area contributed by atoms with Crippen LogP contribution >= 0.6 is 0 Å². The third-order valence-electron chi connectivity index (χ3n) is 7.72. The summed E-state index contributed by atoms with van der Waals surface area (Å²) in [5.74, 6) is -0.528. The van der Waals surface area contributed by atoms with E-state index in [4.69, 9.17) is 22.6 Å². The second kappa shape index (κ2) is 15.3. The average Bonchev–Trinajstić information content (AvgIpc) is 3.36. The predicted molar refractivity (Wildman–Crippen MR) is 176 cm³/mol. The Hall–Kier alpha value is -3.97. The lowest BCUT2D eigenvalue weighted by Crippen LogP contribution is -2.29. The number of anilines is 1. The lowest BCUT2D eigenvalue weighted by Gasteiger charge is -2.23. The number of carbonyl (C=O) groups excluding carboxylic acids is 2. The Kier molecular flexibility index (Phi) is 11.2. The van der Waals surface area contributed by atoms with Gasteiger partial charge in [0, 0.05) is 42.8 Å². The van der Waals surface area contributed by atoms with Crippen LogP contribution < -0.4 is 14.8 Å². The first-order valence-corrected chi connectivity index (χ1v) is 17.1. The topological polar surface area (TPSA) is 138 Å². The SMILES string of the molecule is CC(C)(C)COS(=O)(=O)Oc1ccc(COC2CCCCO2)c(NC(=O)CCNC(=O)OCC2c3ccccc3-c3ccccc32)c1. The zero-order valence-corrected chi connectivity index (χ0v) is 27.8. The van der Waals surface area contributed by atoms with Gasteiger partial charge in [0.25, 0.3) is 0 Å². The Morgan fingerprint density at radius 1 is 0.957 bits per heavy atom. The molecule has 2 N–H and O–H groups in total. The van der Waals surface area contributed by atoms with Gasteiger partial charge in [0.15, 0.2) is 6.29 Å². The summed E-state index contributed by atoms with van der Waals surface area (Å²) in [4.78, 5) is 25.5. The van der Waals surface area contributed by atoms with Crippen molar-refractivity contribution in [2.75, 3.05) is 31.7 Å². The van der Waals surface area contributed by atoms with Gasteiger partial charge in [-0.3, -0.25) is 4.79 Å². The molecule has 1 aliphatic carbocycles. The molecule has 0 radical (unpaired) electrons. The molecule has 12 heteroatoms. The largest absolute Gasteiger partial charge is 0.449 e. The smallest absolute Gasteiger partial charge is 0.449 e. The summed E-state index contributed by atoms with van der Waals surface area (Å²) in [5.41, 5.74) is 4.98. The molecule has 47 heavy (non-hydrogen) atoms. The molecule has 1 saturated heterocycles. The van der Waals surface area contributed by atoms with Crippen LogP contribution in [0.15, 0.2) is 66.7 Å². The number of benzene rings is 3. The molecule has 3 aromatic rings. The molecule has 1 aliphatic heterocycles. The number of hydrogen-bond acceptors (Lipinski definition) is 9. The summed E-state index contributed by atoms with van der Waals surface area (Å²) in [5, 5.41) is 5.42. The van der Waals surface area contributed by atoms with Crippen LogP contribution in [0.3, 0.4) is 0 Å². The second-order valence-corrected chi connectivity index (χ2v) is 14.0. The van der Waals surface area contributed by atoms with E-state index in [9.17, 15) is 18.0 Å². The fourth-order valence-electron chi connectivity index (χ4n) is 5.41. The summed E-state index contributed by atoms with van der Waals surface area (Å²) in [6.45, 7) is 6.36. The van der Waals surface area contributed by atoms with Crippen LogP contribution in [0, 0.1) is 5.41 Å². The van der Waals surface area contributed by atoms with E-state index in [1.165, 1.54) is 12.1 Å². The maximum atomic E-state index is 13.0. The lowest BCUT2D eigenvalue weighted by atomic mass is 9.98. The van der Waals surface area contributed by atoms with Gasteiger partial charge in [-0.05, 0) is 53.0 Å². The quantitative estimate of drug-likeness (QED) is 0.216. The first-order valence-electron chi connectivity index (χ1n) is 15.8. The van der Waals surface area contributed by atoms with Gasteiger partial charge in [-0.2, -0.15) is 8.42 Å². The minimum atomic E-state index is -4.35. The number of amides is 2. The zero-order chi connectivity index (χ0) is 33.4. The summed E-state index contributed by atoms with van der Waals surface area (Å²) in [6.07, 6.45) is 1.67. The van der Waals surface area contributed by atoms with Gasteiger partial charge in [-0.25, -0.2) is 8.98 Å². The Bertz CT molecular complexity index is 1620. The molecule has 1 unspecified atom stereocenters. The van der Waals surface area contributed by atoms with Gasteiger partial charge in [-0.15, -0.1) is 0 Å². The van der Waals surface area contributed by atoms with Gasteiger partial charge in [0.2, 0.25) is 5.91 Å². The van der Waals surface area contributed by atoms with Crippen molar-refractivity contribution in [2.24, 2.45) is 5.41 Å². The first kappa shape index (κ1) is 34.4. The van der Waals surface area contributed by atoms with Crippen molar-refractivity contribution in [3.05, 3.63) is 83.4 Å². The van der Waals surface area contributed by atoms with Crippen molar-refractivity contribution in [3.8, 4) is 16.9 Å². The number of rotatable bonds is 13. The monoisotopic (exact) mass is 666 g/mol. The summed E-state index contributed by atoms with van der Waals surface area (Å²) in [6, 6.07) is 20.6. The highest BCUT2D eigenvalue weighted by Crippen LogP contribution is 2.44. The molecule has 5 rings (SSSR count). The van der Waals surface area contributed by atoms with E-state index in [-0.39, 0.29) is 50.7 Å². The van der Waals surface area contributed by atoms with Crippen molar-refractivity contribution in [1.82, 2.24) is 5.32 Å². The van der Waals surface area contributed by atoms with E-state index in [2.05, 4.69) is 22.8 Å². The Labute approximate surface area is 276 Å². The third kappa shape index (κ3) is 9.77. The molecule has 1 fully saturated rings. The van der Waals surface area contributed by atoms with Crippen molar-refractivity contribution >= 4 is 28.1 Å². The average molecular weight is 667 g/mol. The first-order chi connectivity index (χ1) is 22.5. The molecular weight excluding hydrogens is 624 g/mol. The van der Waals surface area contributed by atoms with E-state index in [0.29, 0.717) is 17.9 Å². The van der Waals surface area contributed by atoms with Crippen molar-refractivity contribution < 1.29 is 40.6 Å². The van der Waals surface area contributed by atoms with Gasteiger partial charge < -0.3 is 29.0 Å². The van der Waals surface area contributed by atoms with Crippen LogP contribution in [-0.4, -0.2) is 53.1 Å². The third-order valence-corrected chi connectivity index (χ3v) is 8.52. The van der Waals surface area contributed by atoms with Crippen LogP contribution in [0.5, 0.6) is 5.75 Å². The van der Waals surface area contributed by atoms with Gasteiger partial charge in [-0.1, -0.05) is 75.4 Å². The Morgan fingerprint density at radius 3 is 2.32 bits per heavy atom. The van der Waals surface area contributed by atoms with Crippen LogP contribution in [0.25, 0.3) is 11.1 Å². The standard InChI is InChI=1S/C35H42N2O9S/c1-35(2,3)23-45-47(40,41)46-25-16-15-24(21-43-33-14-8-9-19-42-33)31(20-25)37-32(38)17-18-36-34(39)44-22-30-28-12-6-4-10-26(28)27-11-5-7-13-29(27)30/h4-7,10-13,15-16,20,30,33H,8-9,14,17-19,21-23H2,1-3H3,(H,36,39)(H,37,38). The summed E-state index contributed by atoms with van der Waals surface area (Å²) in [7, 11) is -4.35.